The number of aromatic nitrogens is 1. The Kier molecular flexibility index (Phi) is 4.43. The van der Waals surface area contributed by atoms with Crippen molar-refractivity contribution in [3.8, 4) is 0 Å². The highest BCUT2D eigenvalue weighted by Gasteiger charge is 2.33. The van der Waals surface area contributed by atoms with Crippen LogP contribution in [-0.2, 0) is 6.18 Å². The van der Waals surface area contributed by atoms with Gasteiger partial charge in [-0.2, -0.15) is 13.2 Å². The quantitative estimate of drug-likeness (QED) is 0.655. The van der Waals surface area contributed by atoms with Gasteiger partial charge in [0.1, 0.15) is 16.6 Å². The zero-order valence-electron chi connectivity index (χ0n) is 10.4. The third kappa shape index (κ3) is 3.89. The van der Waals surface area contributed by atoms with E-state index in [1.54, 1.807) is 24.3 Å². The molecular weight excluding hydrogens is 323 g/mol. The van der Waals surface area contributed by atoms with Gasteiger partial charge in [0.15, 0.2) is 0 Å². The molecule has 2 rings (SSSR count). The van der Waals surface area contributed by atoms with Crippen molar-refractivity contribution >= 4 is 29.2 Å². The van der Waals surface area contributed by atoms with Gasteiger partial charge in [-0.25, -0.2) is 4.98 Å². The second-order valence-corrected chi connectivity index (χ2v) is 5.52. The summed E-state index contributed by atoms with van der Waals surface area (Å²) in [5, 5.41) is 7.90. The molecule has 0 aliphatic heterocycles. The first-order valence-electron chi connectivity index (χ1n) is 5.63. The summed E-state index contributed by atoms with van der Waals surface area (Å²) in [5.74, 6) is -0.347. The Labute approximate surface area is 127 Å². The van der Waals surface area contributed by atoms with Crippen molar-refractivity contribution in [2.45, 2.75) is 16.1 Å². The minimum absolute atomic E-state index is 0.0135. The Balaban J connectivity index is 2.46. The molecule has 0 saturated carbocycles. The number of hydrogen-bond acceptors (Lipinski definition) is 3. The van der Waals surface area contributed by atoms with Crippen molar-refractivity contribution in [3.63, 3.8) is 0 Å². The maximum absolute atomic E-state index is 12.7. The predicted molar refractivity (Wildman–Crippen MR) is 75.8 cm³/mol. The van der Waals surface area contributed by atoms with E-state index in [9.17, 15) is 13.2 Å². The van der Waals surface area contributed by atoms with Gasteiger partial charge in [0.25, 0.3) is 0 Å². The largest absolute Gasteiger partial charge is 0.433 e. The number of benzene rings is 1. The normalized spacial score (nSPS) is 11.4. The van der Waals surface area contributed by atoms with Crippen molar-refractivity contribution in [1.82, 2.24) is 4.98 Å². The third-order valence-electron chi connectivity index (χ3n) is 2.45. The van der Waals surface area contributed by atoms with E-state index in [0.29, 0.717) is 9.92 Å². The molecule has 0 amide bonds. The minimum Gasteiger partial charge on any atom is -0.384 e. The fraction of sp³-hybridized carbons (Fsp3) is 0.0769. The summed E-state index contributed by atoms with van der Waals surface area (Å²) in [5.41, 5.74) is 4.50. The molecule has 2 aromatic rings. The molecule has 0 aliphatic carbocycles. The Bertz CT molecular complexity index is 689. The van der Waals surface area contributed by atoms with Crippen LogP contribution >= 0.6 is 23.4 Å². The molecule has 1 aromatic heterocycles. The molecule has 0 atom stereocenters. The Hall–Kier alpha value is -1.73. The molecule has 0 radical (unpaired) electrons. The molecule has 8 heteroatoms. The molecule has 110 valence electrons. The number of pyridine rings is 1. The van der Waals surface area contributed by atoms with E-state index < -0.39 is 11.9 Å². The van der Waals surface area contributed by atoms with Gasteiger partial charge in [0, 0.05) is 15.5 Å². The second-order valence-electron chi connectivity index (χ2n) is 4.02. The van der Waals surface area contributed by atoms with E-state index in [2.05, 4.69) is 4.98 Å². The lowest BCUT2D eigenvalue weighted by Gasteiger charge is -2.11. The van der Waals surface area contributed by atoms with Gasteiger partial charge >= 0.3 is 6.18 Å². The number of alkyl halides is 3. The number of halogens is 4. The third-order valence-corrected chi connectivity index (χ3v) is 3.68. The van der Waals surface area contributed by atoms with Crippen LogP contribution in [0.3, 0.4) is 0 Å². The van der Waals surface area contributed by atoms with Gasteiger partial charge in [-0.05, 0) is 30.3 Å². The molecule has 3 N–H and O–H groups in total. The lowest BCUT2D eigenvalue weighted by molar-refractivity contribution is -0.141. The monoisotopic (exact) mass is 331 g/mol. The summed E-state index contributed by atoms with van der Waals surface area (Å²) in [6.45, 7) is 0. The summed E-state index contributed by atoms with van der Waals surface area (Å²) in [6.07, 6.45) is -4.56. The first kappa shape index (κ1) is 15.7. The van der Waals surface area contributed by atoms with Crippen molar-refractivity contribution in [2.24, 2.45) is 5.73 Å². The van der Waals surface area contributed by atoms with Crippen LogP contribution < -0.4 is 5.73 Å². The molecule has 0 fully saturated rings. The summed E-state index contributed by atoms with van der Waals surface area (Å²) in [4.78, 5) is 4.17. The average molecular weight is 332 g/mol. The van der Waals surface area contributed by atoms with E-state index in [0.717, 1.165) is 23.9 Å². The smallest absolute Gasteiger partial charge is 0.384 e. The highest BCUT2D eigenvalue weighted by atomic mass is 35.5. The zero-order chi connectivity index (χ0) is 15.6. The molecule has 0 bridgehead atoms. The summed E-state index contributed by atoms with van der Waals surface area (Å²) in [7, 11) is 0. The van der Waals surface area contributed by atoms with Crippen molar-refractivity contribution in [2.75, 3.05) is 0 Å². The summed E-state index contributed by atoms with van der Waals surface area (Å²) in [6, 6.07) is 8.55. The minimum atomic E-state index is -4.56. The van der Waals surface area contributed by atoms with Crippen LogP contribution in [0.4, 0.5) is 13.2 Å². The fourth-order valence-corrected chi connectivity index (χ4v) is 2.77. The molecule has 0 spiro atoms. The Morgan fingerprint density at radius 2 is 1.95 bits per heavy atom. The van der Waals surface area contributed by atoms with E-state index in [1.165, 1.54) is 0 Å². The standard InChI is InChI=1S/C13H9ClF3N3S/c14-7-2-1-3-8(6-7)21-12-9(11(18)19)4-5-10(20-12)13(15,16)17/h1-6H,(H3,18,19). The van der Waals surface area contributed by atoms with Crippen LogP contribution in [0.1, 0.15) is 11.3 Å². The molecule has 0 unspecified atom stereocenters. The number of hydrogen-bond donors (Lipinski definition) is 2. The number of nitrogens with zero attached hydrogens (tertiary/aromatic N) is 1. The van der Waals surface area contributed by atoms with Gasteiger partial charge in [-0.3, -0.25) is 5.41 Å². The maximum atomic E-state index is 12.7. The summed E-state index contributed by atoms with van der Waals surface area (Å²) >= 11 is 6.81. The highest BCUT2D eigenvalue weighted by Crippen LogP contribution is 2.34. The second kappa shape index (κ2) is 5.95. The van der Waals surface area contributed by atoms with Crippen LogP contribution in [0, 0.1) is 5.41 Å². The van der Waals surface area contributed by atoms with Gasteiger partial charge in [-0.15, -0.1) is 0 Å². The molecule has 1 aromatic carbocycles. The fourth-order valence-electron chi connectivity index (χ4n) is 1.52. The van der Waals surface area contributed by atoms with E-state index in [-0.39, 0.29) is 16.4 Å². The molecule has 3 nitrogen and oxygen atoms in total. The first-order chi connectivity index (χ1) is 9.77. The number of nitrogen functional groups attached to an aromatic ring is 1. The topological polar surface area (TPSA) is 62.8 Å². The molecule has 1 heterocycles. The average Bonchev–Trinajstić information content (AvgIpc) is 2.37. The Morgan fingerprint density at radius 3 is 2.52 bits per heavy atom. The zero-order valence-corrected chi connectivity index (χ0v) is 12.0. The SMILES string of the molecule is N=C(N)c1ccc(C(F)(F)F)nc1Sc1cccc(Cl)c1. The van der Waals surface area contributed by atoms with E-state index in [4.69, 9.17) is 22.7 Å². The number of nitrogens with one attached hydrogen (secondary N) is 1. The predicted octanol–water partition coefficient (Wildman–Crippen LogP) is 4.19. The van der Waals surface area contributed by atoms with Gasteiger partial charge < -0.3 is 5.73 Å². The molecule has 0 aliphatic rings. The lowest BCUT2D eigenvalue weighted by atomic mass is 10.2. The van der Waals surface area contributed by atoms with E-state index >= 15 is 0 Å². The number of rotatable bonds is 3. The highest BCUT2D eigenvalue weighted by molar-refractivity contribution is 7.99. The van der Waals surface area contributed by atoms with Gasteiger partial charge in [0.2, 0.25) is 0 Å². The molecular formula is C13H9ClF3N3S. The Morgan fingerprint density at radius 1 is 1.24 bits per heavy atom. The van der Waals surface area contributed by atoms with Crippen LogP contribution in [0.25, 0.3) is 0 Å². The van der Waals surface area contributed by atoms with Crippen molar-refractivity contribution in [1.29, 1.82) is 5.41 Å². The van der Waals surface area contributed by atoms with Crippen LogP contribution in [0.2, 0.25) is 5.02 Å². The maximum Gasteiger partial charge on any atom is 0.433 e. The summed E-state index contributed by atoms with van der Waals surface area (Å²) < 4.78 is 38.2. The number of nitrogens with two attached hydrogens (primary N) is 1. The van der Waals surface area contributed by atoms with E-state index in [1.807, 2.05) is 0 Å². The molecule has 21 heavy (non-hydrogen) atoms. The van der Waals surface area contributed by atoms with Crippen molar-refractivity contribution < 1.29 is 13.2 Å². The lowest BCUT2D eigenvalue weighted by Crippen LogP contribution is -2.16. The van der Waals surface area contributed by atoms with Gasteiger partial charge in [-0.1, -0.05) is 29.4 Å². The number of amidine groups is 1. The van der Waals surface area contributed by atoms with Crippen LogP contribution in [0.15, 0.2) is 46.3 Å². The van der Waals surface area contributed by atoms with Crippen LogP contribution in [0.5, 0.6) is 0 Å². The van der Waals surface area contributed by atoms with Crippen LogP contribution in [-0.4, -0.2) is 10.8 Å². The first-order valence-corrected chi connectivity index (χ1v) is 6.83. The van der Waals surface area contributed by atoms with Gasteiger partial charge in [0.05, 0.1) is 0 Å². The molecule has 0 saturated heterocycles. The van der Waals surface area contributed by atoms with Crippen molar-refractivity contribution in [3.05, 3.63) is 52.7 Å².